The molecule has 1 heterocycles. The summed E-state index contributed by atoms with van der Waals surface area (Å²) in [7, 11) is 3.63. The minimum Gasteiger partial charge on any atom is -0.497 e. The van der Waals surface area contributed by atoms with E-state index in [4.69, 9.17) is 32.7 Å². The van der Waals surface area contributed by atoms with Gasteiger partial charge >= 0.3 is 5.97 Å². The van der Waals surface area contributed by atoms with Crippen molar-refractivity contribution in [1.29, 1.82) is 0 Å². The van der Waals surface area contributed by atoms with E-state index in [0.29, 0.717) is 35.8 Å². The molecule has 1 aromatic heterocycles. The number of halogens is 2. The third-order valence-electron chi connectivity index (χ3n) is 6.18. The second-order valence-electron chi connectivity index (χ2n) is 10.1. The monoisotopic (exact) mass is 544 g/mol. The zero-order valence-corrected chi connectivity index (χ0v) is 23.7. The minimum atomic E-state index is -0.558. The summed E-state index contributed by atoms with van der Waals surface area (Å²) in [4.78, 5) is 27.4. The zero-order valence-electron chi connectivity index (χ0n) is 22.2. The molecule has 1 unspecified atom stereocenters. The van der Waals surface area contributed by atoms with Gasteiger partial charge in [0.05, 0.1) is 23.4 Å². The number of carbonyl (C=O) groups is 1. The van der Waals surface area contributed by atoms with E-state index in [2.05, 4.69) is 11.8 Å². The fourth-order valence-electron chi connectivity index (χ4n) is 3.93. The normalized spacial score (nSPS) is 12.5. The van der Waals surface area contributed by atoms with Crippen LogP contribution < -0.4 is 10.3 Å². The van der Waals surface area contributed by atoms with Crippen LogP contribution in [0.2, 0.25) is 10.0 Å². The van der Waals surface area contributed by atoms with Crippen LogP contribution >= 0.6 is 23.2 Å². The van der Waals surface area contributed by atoms with E-state index in [1.165, 1.54) is 6.07 Å². The molecule has 0 N–H and O–H groups in total. The first-order chi connectivity index (χ1) is 17.4. The van der Waals surface area contributed by atoms with E-state index >= 15 is 0 Å². The van der Waals surface area contributed by atoms with Crippen LogP contribution in [0.25, 0.3) is 0 Å². The van der Waals surface area contributed by atoms with Crippen molar-refractivity contribution in [3.63, 3.8) is 0 Å². The lowest BCUT2D eigenvalue weighted by Crippen LogP contribution is -2.30. The first-order valence-electron chi connectivity index (χ1n) is 12.1. The van der Waals surface area contributed by atoms with Crippen molar-refractivity contribution < 1.29 is 14.3 Å². The number of hydrogen-bond acceptors (Lipinski definition) is 5. The molecule has 6 nitrogen and oxygen atoms in total. The van der Waals surface area contributed by atoms with Gasteiger partial charge in [-0.15, -0.1) is 0 Å². The molecule has 0 radical (unpaired) electrons. The van der Waals surface area contributed by atoms with Crippen LogP contribution in [0.5, 0.6) is 5.75 Å². The van der Waals surface area contributed by atoms with Crippen molar-refractivity contribution in [3.05, 3.63) is 97.4 Å². The number of rotatable bonds is 9. The molecule has 2 aromatic carbocycles. The number of aryl methyl sites for hydroxylation is 1. The van der Waals surface area contributed by atoms with E-state index < -0.39 is 5.60 Å². The van der Waals surface area contributed by atoms with E-state index in [0.717, 1.165) is 16.9 Å². The van der Waals surface area contributed by atoms with Gasteiger partial charge in [-0.2, -0.15) is 0 Å². The Bertz CT molecular complexity index is 1280. The maximum Gasteiger partial charge on any atom is 0.338 e. The molecule has 0 saturated heterocycles. The van der Waals surface area contributed by atoms with Gasteiger partial charge < -0.3 is 14.0 Å². The average Bonchev–Trinajstić information content (AvgIpc) is 2.85. The fourth-order valence-corrected chi connectivity index (χ4v) is 4.47. The Morgan fingerprint density at radius 3 is 2.22 bits per heavy atom. The van der Waals surface area contributed by atoms with Crippen molar-refractivity contribution in [2.24, 2.45) is 0 Å². The number of ether oxygens (including phenoxy) is 2. The molecule has 0 amide bonds. The predicted octanol–water partition coefficient (Wildman–Crippen LogP) is 6.55. The van der Waals surface area contributed by atoms with Gasteiger partial charge in [0.15, 0.2) is 0 Å². The van der Waals surface area contributed by atoms with Crippen LogP contribution in [0, 0.1) is 0 Å². The van der Waals surface area contributed by atoms with Crippen LogP contribution in [0.15, 0.2) is 59.4 Å². The summed E-state index contributed by atoms with van der Waals surface area (Å²) in [6.07, 6.45) is 0.565. The lowest BCUT2D eigenvalue weighted by Gasteiger charge is -2.27. The Kier molecular flexibility index (Phi) is 9.46. The topological polar surface area (TPSA) is 60.8 Å². The van der Waals surface area contributed by atoms with E-state index in [1.807, 2.05) is 64.2 Å². The summed E-state index contributed by atoms with van der Waals surface area (Å²) in [5.74, 6) is 0.431. The molecule has 0 saturated carbocycles. The quantitative estimate of drug-likeness (QED) is 0.285. The number of hydrogen-bond donors (Lipinski definition) is 0. The molecular weight excluding hydrogens is 511 g/mol. The van der Waals surface area contributed by atoms with Gasteiger partial charge in [-0.05, 0) is 82.6 Å². The number of esters is 1. The molecular formula is C29H34Cl2N2O4. The zero-order chi connectivity index (χ0) is 27.3. The van der Waals surface area contributed by atoms with Gasteiger partial charge in [0, 0.05) is 19.1 Å². The summed E-state index contributed by atoms with van der Waals surface area (Å²) in [6, 6.07) is 16.7. The van der Waals surface area contributed by atoms with Crippen LogP contribution in [-0.4, -0.2) is 35.2 Å². The van der Waals surface area contributed by atoms with Gasteiger partial charge in [0.2, 0.25) is 0 Å². The third kappa shape index (κ3) is 7.60. The molecule has 3 aromatic rings. The fraction of sp³-hybridized carbons (Fsp3) is 0.379. The van der Waals surface area contributed by atoms with Crippen LogP contribution in [0.4, 0.5) is 0 Å². The molecule has 0 aliphatic heterocycles. The van der Waals surface area contributed by atoms with Crippen LogP contribution in [0.3, 0.4) is 0 Å². The van der Waals surface area contributed by atoms with Crippen LogP contribution in [0.1, 0.15) is 60.9 Å². The highest BCUT2D eigenvalue weighted by Crippen LogP contribution is 2.26. The summed E-state index contributed by atoms with van der Waals surface area (Å²) < 4.78 is 12.3. The number of aromatic nitrogens is 1. The third-order valence-corrected chi connectivity index (χ3v) is 6.77. The van der Waals surface area contributed by atoms with Crippen molar-refractivity contribution in [2.75, 3.05) is 14.2 Å². The van der Waals surface area contributed by atoms with E-state index in [1.54, 1.807) is 23.8 Å². The van der Waals surface area contributed by atoms with Gasteiger partial charge in [-0.1, -0.05) is 47.5 Å². The molecule has 3 rings (SSSR count). The number of benzene rings is 2. The first kappa shape index (κ1) is 28.8. The largest absolute Gasteiger partial charge is 0.497 e. The summed E-state index contributed by atoms with van der Waals surface area (Å²) >= 11 is 12.8. The molecule has 0 spiro atoms. The SMILES string of the molecule is COc1ccc(C(C)N(C)Cc2c(Cl)cc(Cl)c(=O)n2CCc2ccc(C(=O)OC(C)(C)C)cc2)cc1. The summed E-state index contributed by atoms with van der Waals surface area (Å²) in [5.41, 5.74) is 2.43. The summed E-state index contributed by atoms with van der Waals surface area (Å²) in [5, 5.41) is 0.526. The van der Waals surface area contributed by atoms with Gasteiger partial charge in [-0.25, -0.2) is 4.79 Å². The number of methoxy groups -OCH3 is 1. The Labute approximate surface area is 228 Å². The number of pyridine rings is 1. The Morgan fingerprint density at radius 2 is 1.65 bits per heavy atom. The van der Waals surface area contributed by atoms with E-state index in [-0.39, 0.29) is 22.6 Å². The predicted molar refractivity (Wildman–Crippen MR) is 149 cm³/mol. The minimum absolute atomic E-state index is 0.0709. The lowest BCUT2D eigenvalue weighted by molar-refractivity contribution is 0.00695. The smallest absolute Gasteiger partial charge is 0.338 e. The van der Waals surface area contributed by atoms with Crippen molar-refractivity contribution >= 4 is 29.2 Å². The van der Waals surface area contributed by atoms with Crippen molar-refractivity contribution in [3.8, 4) is 5.75 Å². The van der Waals surface area contributed by atoms with Gasteiger partial charge in [-0.3, -0.25) is 9.69 Å². The number of nitrogens with zero attached hydrogens (tertiary/aromatic N) is 2. The molecule has 8 heteroatoms. The molecule has 0 bridgehead atoms. The Morgan fingerprint density at radius 1 is 1.03 bits per heavy atom. The van der Waals surface area contributed by atoms with Crippen molar-refractivity contribution in [2.45, 2.75) is 58.8 Å². The highest BCUT2D eigenvalue weighted by atomic mass is 35.5. The molecule has 1 atom stereocenters. The van der Waals surface area contributed by atoms with Gasteiger partial charge in [0.25, 0.3) is 5.56 Å². The van der Waals surface area contributed by atoms with E-state index in [9.17, 15) is 9.59 Å². The Hall–Kier alpha value is -2.80. The summed E-state index contributed by atoms with van der Waals surface area (Å²) in [6.45, 7) is 8.45. The molecule has 37 heavy (non-hydrogen) atoms. The molecule has 0 aliphatic carbocycles. The molecule has 198 valence electrons. The van der Waals surface area contributed by atoms with Crippen molar-refractivity contribution in [1.82, 2.24) is 9.47 Å². The molecule has 0 fully saturated rings. The average molecular weight is 546 g/mol. The standard InChI is InChI=1S/C29H34Cl2N2O4/c1-19(21-11-13-23(36-6)14-12-21)32(5)18-26-24(30)17-25(31)27(34)33(26)16-15-20-7-9-22(10-8-20)28(35)37-29(2,3)4/h7-14,17,19H,15-16,18H2,1-6H3. The Balaban J connectivity index is 1.78. The first-order valence-corrected chi connectivity index (χ1v) is 12.9. The maximum absolute atomic E-state index is 13.0. The second kappa shape index (κ2) is 12.2. The van der Waals surface area contributed by atoms with Crippen LogP contribution in [-0.2, 0) is 24.2 Å². The second-order valence-corrected chi connectivity index (χ2v) is 10.9. The number of carbonyl (C=O) groups excluding carboxylic acids is 1. The highest BCUT2D eigenvalue weighted by molar-refractivity contribution is 6.34. The molecule has 0 aliphatic rings. The maximum atomic E-state index is 13.0. The highest BCUT2D eigenvalue weighted by Gasteiger charge is 2.20. The van der Waals surface area contributed by atoms with Gasteiger partial charge in [0.1, 0.15) is 16.4 Å². The lowest BCUT2D eigenvalue weighted by atomic mass is 10.1.